The van der Waals surface area contributed by atoms with Crippen molar-refractivity contribution in [3.05, 3.63) is 23.3 Å². The molecular formula is C24H35N3O3. The van der Waals surface area contributed by atoms with E-state index in [1.807, 2.05) is 6.07 Å². The highest BCUT2D eigenvalue weighted by molar-refractivity contribution is 5.90. The maximum absolute atomic E-state index is 6.14. The lowest BCUT2D eigenvalue weighted by Crippen LogP contribution is -2.21. The number of hydrogen-bond donors (Lipinski definition) is 1. The van der Waals surface area contributed by atoms with Crippen LogP contribution in [0.3, 0.4) is 0 Å². The van der Waals surface area contributed by atoms with Gasteiger partial charge in [0.2, 0.25) is 0 Å². The van der Waals surface area contributed by atoms with E-state index >= 15 is 0 Å². The number of pyridine rings is 1. The van der Waals surface area contributed by atoms with E-state index in [0.29, 0.717) is 12.6 Å². The van der Waals surface area contributed by atoms with Gasteiger partial charge in [0, 0.05) is 29.6 Å². The number of anilines is 1. The third kappa shape index (κ3) is 4.21. The van der Waals surface area contributed by atoms with E-state index in [2.05, 4.69) is 44.0 Å². The van der Waals surface area contributed by atoms with Crippen molar-refractivity contribution in [3.63, 3.8) is 0 Å². The average Bonchev–Trinajstić information content (AvgIpc) is 3.32. The number of ether oxygens (including phenoxy) is 3. The van der Waals surface area contributed by atoms with Crippen LogP contribution in [0.1, 0.15) is 70.3 Å². The van der Waals surface area contributed by atoms with Crippen LogP contribution in [0.2, 0.25) is 0 Å². The summed E-state index contributed by atoms with van der Waals surface area (Å²) in [6.07, 6.45) is 3.69. The van der Waals surface area contributed by atoms with Gasteiger partial charge in [0.05, 0.1) is 31.4 Å². The molecule has 30 heavy (non-hydrogen) atoms. The molecule has 2 aromatic rings. The summed E-state index contributed by atoms with van der Waals surface area (Å²) in [5, 5.41) is 4.59. The first-order valence-electron chi connectivity index (χ1n) is 11.3. The second-order valence-corrected chi connectivity index (χ2v) is 8.78. The molecule has 6 heteroatoms. The zero-order chi connectivity index (χ0) is 21.3. The van der Waals surface area contributed by atoms with Crippen molar-refractivity contribution in [1.82, 2.24) is 9.88 Å². The number of hydrogen-bond acceptors (Lipinski definition) is 6. The van der Waals surface area contributed by atoms with Crippen molar-refractivity contribution < 1.29 is 14.2 Å². The van der Waals surface area contributed by atoms with Gasteiger partial charge in [0.15, 0.2) is 11.5 Å². The number of likely N-dealkylation sites (tertiary alicyclic amines) is 1. The van der Waals surface area contributed by atoms with Gasteiger partial charge in [0.25, 0.3) is 0 Å². The number of methoxy groups -OCH3 is 1. The summed E-state index contributed by atoms with van der Waals surface area (Å²) in [7, 11) is 1.70. The topological polar surface area (TPSA) is 55.8 Å². The quantitative estimate of drug-likeness (QED) is 0.609. The molecule has 164 valence electrons. The summed E-state index contributed by atoms with van der Waals surface area (Å²) in [5.74, 6) is 2.42. The average molecular weight is 414 g/mol. The molecule has 0 spiro atoms. The van der Waals surface area contributed by atoms with E-state index in [1.165, 1.54) is 31.5 Å². The van der Waals surface area contributed by atoms with Crippen LogP contribution in [0, 0.1) is 0 Å². The minimum absolute atomic E-state index is 0.0145. The first-order valence-corrected chi connectivity index (χ1v) is 11.3. The first kappa shape index (κ1) is 21.2. The minimum atomic E-state index is 0.0145. The third-order valence-electron chi connectivity index (χ3n) is 6.07. The fourth-order valence-electron chi connectivity index (χ4n) is 4.73. The number of rotatable bonds is 8. The molecule has 0 aliphatic carbocycles. The fourth-order valence-corrected chi connectivity index (χ4v) is 4.73. The second-order valence-electron chi connectivity index (χ2n) is 8.78. The molecule has 0 bridgehead atoms. The molecule has 2 atom stereocenters. The number of aromatic nitrogens is 1. The summed E-state index contributed by atoms with van der Waals surface area (Å²) in [4.78, 5) is 7.48. The van der Waals surface area contributed by atoms with Crippen LogP contribution < -0.4 is 14.8 Å². The van der Waals surface area contributed by atoms with Crippen LogP contribution in [0.4, 0.5) is 5.82 Å². The zero-order valence-electron chi connectivity index (χ0n) is 19.0. The molecule has 1 saturated heterocycles. The summed E-state index contributed by atoms with van der Waals surface area (Å²) in [6.45, 7) is 12.7. The lowest BCUT2D eigenvalue weighted by Gasteiger charge is -2.19. The van der Waals surface area contributed by atoms with Crippen molar-refractivity contribution in [3.8, 4) is 11.5 Å². The molecular weight excluding hydrogens is 378 g/mol. The van der Waals surface area contributed by atoms with E-state index in [4.69, 9.17) is 19.2 Å². The highest BCUT2D eigenvalue weighted by Crippen LogP contribution is 2.47. The molecule has 1 N–H and O–H groups in total. The fraction of sp³-hybridized carbons (Fsp3) is 0.625. The summed E-state index contributed by atoms with van der Waals surface area (Å²) in [6, 6.07) is 4.38. The molecule has 1 aromatic heterocycles. The van der Waals surface area contributed by atoms with Crippen molar-refractivity contribution in [2.24, 2.45) is 0 Å². The summed E-state index contributed by atoms with van der Waals surface area (Å²) < 4.78 is 18.0. The Hall–Kier alpha value is -2.05. The smallest absolute Gasteiger partial charge is 0.163 e. The van der Waals surface area contributed by atoms with E-state index in [-0.39, 0.29) is 12.2 Å². The number of benzene rings is 1. The number of fused-ring (bicyclic) bond motifs is 3. The van der Waals surface area contributed by atoms with E-state index in [9.17, 15) is 0 Å². The van der Waals surface area contributed by atoms with Gasteiger partial charge in [0.1, 0.15) is 5.82 Å². The van der Waals surface area contributed by atoms with Crippen LogP contribution in [0.25, 0.3) is 10.9 Å². The summed E-state index contributed by atoms with van der Waals surface area (Å²) in [5.41, 5.74) is 3.27. The molecule has 0 unspecified atom stereocenters. The second kappa shape index (κ2) is 8.98. The molecule has 1 aromatic carbocycles. The van der Waals surface area contributed by atoms with Gasteiger partial charge >= 0.3 is 0 Å². The van der Waals surface area contributed by atoms with Crippen LogP contribution in [0.15, 0.2) is 12.1 Å². The Morgan fingerprint density at radius 1 is 1.13 bits per heavy atom. The highest BCUT2D eigenvalue weighted by atomic mass is 16.5. The van der Waals surface area contributed by atoms with E-state index in [1.54, 1.807) is 7.11 Å². The molecule has 2 aliphatic rings. The molecule has 0 amide bonds. The molecule has 0 radical (unpaired) electrons. The lowest BCUT2D eigenvalue weighted by molar-refractivity contribution is 0.0338. The maximum atomic E-state index is 6.14. The van der Waals surface area contributed by atoms with E-state index in [0.717, 1.165) is 46.7 Å². The van der Waals surface area contributed by atoms with Gasteiger partial charge in [-0.1, -0.05) is 0 Å². The van der Waals surface area contributed by atoms with Crippen LogP contribution >= 0.6 is 0 Å². The Kier molecular flexibility index (Phi) is 6.34. The van der Waals surface area contributed by atoms with Gasteiger partial charge in [-0.05, 0) is 71.7 Å². The summed E-state index contributed by atoms with van der Waals surface area (Å²) >= 11 is 0. The van der Waals surface area contributed by atoms with Crippen LogP contribution in [0.5, 0.6) is 11.5 Å². The van der Waals surface area contributed by atoms with Crippen LogP contribution in [-0.2, 0) is 4.74 Å². The SMILES string of the molecule is COc1cc2c3c(c(NC(C)C)nc2cc1OCCCN1CCCC1)[C@H](C)O[C@@H]3C. The predicted molar refractivity (Wildman–Crippen MR) is 121 cm³/mol. The van der Waals surface area contributed by atoms with Crippen molar-refractivity contribution >= 4 is 16.7 Å². The Morgan fingerprint density at radius 2 is 1.87 bits per heavy atom. The van der Waals surface area contributed by atoms with Crippen molar-refractivity contribution in [1.29, 1.82) is 0 Å². The molecule has 0 saturated carbocycles. The monoisotopic (exact) mass is 413 g/mol. The molecule has 2 aliphatic heterocycles. The standard InChI is InChI=1S/C24H35N3O3/c1-15(2)25-24-23-17(4)30-16(3)22(23)18-13-20(28-5)21(14-19(18)26-24)29-12-8-11-27-9-6-7-10-27/h13-17H,6-12H2,1-5H3,(H,25,26)/t16-,17+/m1/s1. The van der Waals surface area contributed by atoms with Gasteiger partial charge in [-0.2, -0.15) is 0 Å². The molecule has 4 rings (SSSR count). The Labute approximate surface area is 179 Å². The lowest BCUT2D eigenvalue weighted by atomic mass is 9.98. The Morgan fingerprint density at radius 3 is 2.57 bits per heavy atom. The molecule has 6 nitrogen and oxygen atoms in total. The van der Waals surface area contributed by atoms with E-state index < -0.39 is 0 Å². The molecule has 3 heterocycles. The third-order valence-corrected chi connectivity index (χ3v) is 6.07. The van der Waals surface area contributed by atoms with Crippen molar-refractivity contribution in [2.45, 2.75) is 65.2 Å². The first-order chi connectivity index (χ1) is 14.5. The predicted octanol–water partition coefficient (Wildman–Crippen LogP) is 5.08. The van der Waals surface area contributed by atoms with Gasteiger partial charge in [-0.15, -0.1) is 0 Å². The largest absolute Gasteiger partial charge is 0.493 e. The number of nitrogens with zero attached hydrogens (tertiary/aromatic N) is 2. The Bertz CT molecular complexity index is 893. The van der Waals surface area contributed by atoms with Gasteiger partial charge in [-0.3, -0.25) is 0 Å². The van der Waals surface area contributed by atoms with Gasteiger partial charge in [-0.25, -0.2) is 4.98 Å². The minimum Gasteiger partial charge on any atom is -0.493 e. The maximum Gasteiger partial charge on any atom is 0.163 e. The highest BCUT2D eigenvalue weighted by Gasteiger charge is 2.32. The molecule has 1 fully saturated rings. The number of nitrogens with one attached hydrogen (secondary N) is 1. The van der Waals surface area contributed by atoms with Crippen LogP contribution in [-0.4, -0.2) is 49.3 Å². The Balaban J connectivity index is 1.63. The zero-order valence-corrected chi connectivity index (χ0v) is 19.0. The normalized spacial score (nSPS) is 21.4. The van der Waals surface area contributed by atoms with Crippen molar-refractivity contribution in [2.75, 3.05) is 38.7 Å². The van der Waals surface area contributed by atoms with Gasteiger partial charge < -0.3 is 24.4 Å².